The SMILES string of the molecule is Nc1cc(C(F)(F)F)ccc1NCCC1CCCCO1. The number of nitrogens with two attached hydrogens (primary N) is 1. The second-order valence-electron chi connectivity index (χ2n) is 5.00. The Balaban J connectivity index is 1.86. The number of nitrogens with one attached hydrogen (secondary N) is 1. The summed E-state index contributed by atoms with van der Waals surface area (Å²) in [5, 5.41) is 3.07. The maximum absolute atomic E-state index is 12.5. The van der Waals surface area contributed by atoms with Gasteiger partial charge in [-0.25, -0.2) is 0 Å². The van der Waals surface area contributed by atoms with Gasteiger partial charge in [0.05, 0.1) is 23.0 Å². The fourth-order valence-corrected chi connectivity index (χ4v) is 2.30. The van der Waals surface area contributed by atoms with E-state index in [0.29, 0.717) is 12.2 Å². The summed E-state index contributed by atoms with van der Waals surface area (Å²) in [6, 6.07) is 3.37. The first-order valence-electron chi connectivity index (χ1n) is 6.79. The van der Waals surface area contributed by atoms with Gasteiger partial charge in [0.15, 0.2) is 0 Å². The molecule has 0 radical (unpaired) electrons. The first kappa shape index (κ1) is 15.0. The first-order chi connectivity index (χ1) is 9.47. The largest absolute Gasteiger partial charge is 0.416 e. The summed E-state index contributed by atoms with van der Waals surface area (Å²) in [5.74, 6) is 0. The van der Waals surface area contributed by atoms with Gasteiger partial charge >= 0.3 is 6.18 Å². The molecule has 3 N–H and O–H groups in total. The van der Waals surface area contributed by atoms with E-state index in [1.54, 1.807) is 0 Å². The van der Waals surface area contributed by atoms with Crippen LogP contribution in [0.3, 0.4) is 0 Å². The summed E-state index contributed by atoms with van der Waals surface area (Å²) in [6.07, 6.45) is 0.0442. The van der Waals surface area contributed by atoms with Crippen molar-refractivity contribution in [2.45, 2.75) is 38.0 Å². The molecule has 0 amide bonds. The molecule has 112 valence electrons. The average molecular weight is 288 g/mol. The van der Waals surface area contributed by atoms with Crippen molar-refractivity contribution in [3.05, 3.63) is 23.8 Å². The van der Waals surface area contributed by atoms with Crippen molar-refractivity contribution in [2.75, 3.05) is 24.2 Å². The maximum Gasteiger partial charge on any atom is 0.416 e. The van der Waals surface area contributed by atoms with Crippen molar-refractivity contribution in [3.8, 4) is 0 Å². The highest BCUT2D eigenvalue weighted by atomic mass is 19.4. The summed E-state index contributed by atoms with van der Waals surface area (Å²) in [5.41, 5.74) is 5.57. The van der Waals surface area contributed by atoms with Crippen molar-refractivity contribution in [1.29, 1.82) is 0 Å². The minimum atomic E-state index is -4.36. The van der Waals surface area contributed by atoms with Crippen molar-refractivity contribution in [3.63, 3.8) is 0 Å². The average Bonchev–Trinajstić information content (AvgIpc) is 2.40. The summed E-state index contributed by atoms with van der Waals surface area (Å²) < 4.78 is 43.1. The fourth-order valence-electron chi connectivity index (χ4n) is 2.30. The minimum absolute atomic E-state index is 0.115. The van der Waals surface area contributed by atoms with E-state index in [0.717, 1.165) is 38.0 Å². The third-order valence-electron chi connectivity index (χ3n) is 3.43. The van der Waals surface area contributed by atoms with Crippen LogP contribution >= 0.6 is 0 Å². The van der Waals surface area contributed by atoms with E-state index in [4.69, 9.17) is 10.5 Å². The molecule has 3 nitrogen and oxygen atoms in total. The Hall–Kier alpha value is -1.43. The number of hydrogen-bond donors (Lipinski definition) is 2. The van der Waals surface area contributed by atoms with E-state index in [2.05, 4.69) is 5.32 Å². The topological polar surface area (TPSA) is 47.3 Å². The van der Waals surface area contributed by atoms with Gasteiger partial charge < -0.3 is 15.8 Å². The van der Waals surface area contributed by atoms with Crippen LogP contribution in [0.2, 0.25) is 0 Å². The lowest BCUT2D eigenvalue weighted by atomic mass is 10.1. The predicted molar refractivity (Wildman–Crippen MR) is 72.6 cm³/mol. The second-order valence-corrected chi connectivity index (χ2v) is 5.00. The number of nitrogen functional groups attached to an aromatic ring is 1. The zero-order valence-electron chi connectivity index (χ0n) is 11.2. The molecule has 1 unspecified atom stereocenters. The van der Waals surface area contributed by atoms with E-state index in [1.807, 2.05) is 0 Å². The molecule has 0 saturated carbocycles. The molecule has 0 aliphatic carbocycles. The van der Waals surface area contributed by atoms with Crippen LogP contribution in [0.4, 0.5) is 24.5 Å². The van der Waals surface area contributed by atoms with Crippen LogP contribution in [0.15, 0.2) is 18.2 Å². The Kier molecular flexibility index (Phi) is 4.75. The van der Waals surface area contributed by atoms with E-state index < -0.39 is 11.7 Å². The lowest BCUT2D eigenvalue weighted by molar-refractivity contribution is -0.137. The quantitative estimate of drug-likeness (QED) is 0.831. The maximum atomic E-state index is 12.5. The zero-order chi connectivity index (χ0) is 14.6. The van der Waals surface area contributed by atoms with Crippen LogP contribution in [0, 0.1) is 0 Å². The normalized spacial score (nSPS) is 19.9. The molecule has 0 bridgehead atoms. The Bertz CT molecular complexity index is 443. The number of rotatable bonds is 4. The summed E-state index contributed by atoms with van der Waals surface area (Å²) in [7, 11) is 0. The molecule has 2 rings (SSSR count). The van der Waals surface area contributed by atoms with Crippen LogP contribution in [-0.2, 0) is 10.9 Å². The van der Waals surface area contributed by atoms with Gasteiger partial charge in [0, 0.05) is 13.2 Å². The number of hydrogen-bond acceptors (Lipinski definition) is 3. The molecule has 0 spiro atoms. The molecule has 1 fully saturated rings. The van der Waals surface area contributed by atoms with Gasteiger partial charge in [-0.3, -0.25) is 0 Å². The van der Waals surface area contributed by atoms with Crippen LogP contribution in [0.25, 0.3) is 0 Å². The summed E-state index contributed by atoms with van der Waals surface area (Å²) in [6.45, 7) is 1.44. The van der Waals surface area contributed by atoms with Crippen LogP contribution in [-0.4, -0.2) is 19.3 Å². The van der Waals surface area contributed by atoms with Crippen molar-refractivity contribution in [1.82, 2.24) is 0 Å². The predicted octanol–water partition coefficient (Wildman–Crippen LogP) is 3.66. The molecule has 1 aromatic rings. The summed E-state index contributed by atoms with van der Waals surface area (Å²) in [4.78, 5) is 0. The molecule has 1 atom stereocenters. The molecular weight excluding hydrogens is 269 g/mol. The lowest BCUT2D eigenvalue weighted by Gasteiger charge is -2.23. The molecule has 1 saturated heterocycles. The van der Waals surface area contributed by atoms with Gasteiger partial charge in [-0.1, -0.05) is 0 Å². The zero-order valence-corrected chi connectivity index (χ0v) is 11.2. The highest BCUT2D eigenvalue weighted by Crippen LogP contribution is 2.32. The molecule has 0 aromatic heterocycles. The monoisotopic (exact) mass is 288 g/mol. The lowest BCUT2D eigenvalue weighted by Crippen LogP contribution is -2.22. The third kappa shape index (κ3) is 4.03. The Morgan fingerprint density at radius 2 is 2.10 bits per heavy atom. The van der Waals surface area contributed by atoms with Crippen molar-refractivity contribution < 1.29 is 17.9 Å². The molecule has 1 aliphatic rings. The van der Waals surface area contributed by atoms with Gasteiger partial charge in [0.1, 0.15) is 0 Å². The highest BCUT2D eigenvalue weighted by molar-refractivity contribution is 5.67. The van der Waals surface area contributed by atoms with Crippen molar-refractivity contribution in [2.24, 2.45) is 0 Å². The number of halogens is 3. The van der Waals surface area contributed by atoms with Crippen LogP contribution in [0.5, 0.6) is 0 Å². The molecule has 1 heterocycles. The first-order valence-corrected chi connectivity index (χ1v) is 6.79. The van der Waals surface area contributed by atoms with Gasteiger partial charge in [-0.15, -0.1) is 0 Å². The van der Waals surface area contributed by atoms with E-state index >= 15 is 0 Å². The van der Waals surface area contributed by atoms with E-state index in [9.17, 15) is 13.2 Å². The van der Waals surface area contributed by atoms with E-state index in [1.165, 1.54) is 12.5 Å². The van der Waals surface area contributed by atoms with Gasteiger partial charge in [-0.2, -0.15) is 13.2 Å². The van der Waals surface area contributed by atoms with Crippen molar-refractivity contribution >= 4 is 11.4 Å². The van der Waals surface area contributed by atoms with Crippen LogP contribution in [0.1, 0.15) is 31.2 Å². The fraction of sp³-hybridized carbons (Fsp3) is 0.571. The van der Waals surface area contributed by atoms with Gasteiger partial charge in [0.25, 0.3) is 0 Å². The molecule has 1 aliphatic heterocycles. The molecule has 6 heteroatoms. The number of ether oxygens (including phenoxy) is 1. The number of anilines is 2. The van der Waals surface area contributed by atoms with Gasteiger partial charge in [0.2, 0.25) is 0 Å². The highest BCUT2D eigenvalue weighted by Gasteiger charge is 2.30. The van der Waals surface area contributed by atoms with Crippen LogP contribution < -0.4 is 11.1 Å². The smallest absolute Gasteiger partial charge is 0.397 e. The number of benzene rings is 1. The third-order valence-corrected chi connectivity index (χ3v) is 3.43. The van der Waals surface area contributed by atoms with Gasteiger partial charge in [-0.05, 0) is 43.9 Å². The Labute approximate surface area is 116 Å². The minimum Gasteiger partial charge on any atom is -0.397 e. The Morgan fingerprint density at radius 3 is 2.70 bits per heavy atom. The molecule has 20 heavy (non-hydrogen) atoms. The molecule has 1 aromatic carbocycles. The second kappa shape index (κ2) is 6.35. The van der Waals surface area contributed by atoms with E-state index in [-0.39, 0.29) is 11.8 Å². The Morgan fingerprint density at radius 1 is 1.30 bits per heavy atom. The summed E-state index contributed by atoms with van der Waals surface area (Å²) >= 11 is 0. The number of alkyl halides is 3. The molecular formula is C14H19F3N2O. The standard InChI is InChI=1S/C14H19F3N2O/c15-14(16,17)10-4-5-13(12(18)9-10)19-7-6-11-3-1-2-8-20-11/h4-5,9,11,19H,1-3,6-8,18H2.